The summed E-state index contributed by atoms with van der Waals surface area (Å²) in [6.45, 7) is 2.84. The Labute approximate surface area is 170 Å². The first-order valence-corrected chi connectivity index (χ1v) is 9.62. The molecule has 0 bridgehead atoms. The summed E-state index contributed by atoms with van der Waals surface area (Å²) in [5.74, 6) is -0.660. The molecule has 2 aromatic rings. The molecular formula is C20H19FINO4. The molecule has 1 heterocycles. The quantitative estimate of drug-likeness (QED) is 0.483. The lowest BCUT2D eigenvalue weighted by Gasteiger charge is -2.33. The van der Waals surface area contributed by atoms with Crippen molar-refractivity contribution < 1.29 is 23.5 Å². The third kappa shape index (κ3) is 4.84. The Morgan fingerprint density at radius 2 is 2.04 bits per heavy atom. The number of halogens is 2. The van der Waals surface area contributed by atoms with Crippen molar-refractivity contribution in [2.75, 3.05) is 26.3 Å². The maximum absolute atomic E-state index is 13.9. The van der Waals surface area contributed by atoms with Crippen LogP contribution in [0.3, 0.4) is 0 Å². The second-order valence-corrected chi connectivity index (χ2v) is 7.39. The van der Waals surface area contributed by atoms with Crippen molar-refractivity contribution in [3.05, 3.63) is 63.0 Å². The number of hydrogen-bond acceptors (Lipinski definition) is 4. The first-order chi connectivity index (χ1) is 13.0. The fourth-order valence-electron chi connectivity index (χ4n) is 2.87. The molecule has 0 saturated carbocycles. The molecule has 1 atom stereocenters. The van der Waals surface area contributed by atoms with E-state index < -0.39 is 5.82 Å². The van der Waals surface area contributed by atoms with Gasteiger partial charge in [-0.15, -0.1) is 0 Å². The summed E-state index contributed by atoms with van der Waals surface area (Å²) < 4.78 is 26.0. The highest BCUT2D eigenvalue weighted by atomic mass is 127. The number of ketones is 1. The van der Waals surface area contributed by atoms with Crippen molar-refractivity contribution in [3.8, 4) is 5.75 Å². The summed E-state index contributed by atoms with van der Waals surface area (Å²) >= 11 is 2.15. The summed E-state index contributed by atoms with van der Waals surface area (Å²) in [6, 6.07) is 11.6. The normalized spacial score (nSPS) is 16.9. The van der Waals surface area contributed by atoms with E-state index in [0.29, 0.717) is 31.0 Å². The molecule has 5 nitrogen and oxygen atoms in total. The minimum absolute atomic E-state index is 0.0329. The number of carbonyl (C=O) groups excluding carboxylic acids is 2. The zero-order valence-corrected chi connectivity index (χ0v) is 16.9. The van der Waals surface area contributed by atoms with Crippen LogP contribution in [0.1, 0.15) is 27.6 Å². The van der Waals surface area contributed by atoms with Gasteiger partial charge in [-0.05, 0) is 53.8 Å². The third-order valence-electron chi connectivity index (χ3n) is 4.29. The summed E-state index contributed by atoms with van der Waals surface area (Å²) in [5.41, 5.74) is 0.701. The van der Waals surface area contributed by atoms with E-state index in [4.69, 9.17) is 9.47 Å². The van der Waals surface area contributed by atoms with Crippen LogP contribution in [0, 0.1) is 9.39 Å². The maximum atomic E-state index is 13.9. The van der Waals surface area contributed by atoms with Gasteiger partial charge in [0.2, 0.25) is 0 Å². The Balaban J connectivity index is 1.60. The zero-order chi connectivity index (χ0) is 19.4. The van der Waals surface area contributed by atoms with Gasteiger partial charge in [0.15, 0.2) is 5.78 Å². The molecule has 2 aromatic carbocycles. The van der Waals surface area contributed by atoms with Gasteiger partial charge in [0.05, 0.1) is 24.3 Å². The van der Waals surface area contributed by atoms with Crippen LogP contribution in [-0.4, -0.2) is 49.0 Å². The summed E-state index contributed by atoms with van der Waals surface area (Å²) in [7, 11) is 0. The molecule has 3 rings (SSSR count). The van der Waals surface area contributed by atoms with E-state index >= 15 is 0 Å². The summed E-state index contributed by atoms with van der Waals surface area (Å²) in [5, 5.41) is 0. The second kappa shape index (κ2) is 8.79. The molecule has 0 aliphatic carbocycles. The lowest BCUT2D eigenvalue weighted by molar-refractivity contribution is -0.0401. The Morgan fingerprint density at radius 1 is 1.26 bits per heavy atom. The van der Waals surface area contributed by atoms with E-state index in [1.807, 2.05) is 24.3 Å². The average Bonchev–Trinajstić information content (AvgIpc) is 2.66. The van der Waals surface area contributed by atoms with E-state index in [1.54, 1.807) is 11.0 Å². The Hall–Kier alpha value is -2.00. The van der Waals surface area contributed by atoms with Crippen LogP contribution in [0.5, 0.6) is 5.75 Å². The first kappa shape index (κ1) is 19.8. The van der Waals surface area contributed by atoms with Crippen molar-refractivity contribution >= 4 is 34.3 Å². The van der Waals surface area contributed by atoms with Crippen molar-refractivity contribution in [2.45, 2.75) is 13.0 Å². The molecule has 1 unspecified atom stereocenters. The fourth-order valence-corrected chi connectivity index (χ4v) is 3.49. The first-order valence-electron chi connectivity index (χ1n) is 8.54. The van der Waals surface area contributed by atoms with Gasteiger partial charge in [0.1, 0.15) is 24.3 Å². The van der Waals surface area contributed by atoms with Crippen molar-refractivity contribution in [1.29, 1.82) is 0 Å². The van der Waals surface area contributed by atoms with Gasteiger partial charge < -0.3 is 14.4 Å². The van der Waals surface area contributed by atoms with E-state index in [9.17, 15) is 14.0 Å². The van der Waals surface area contributed by atoms with Crippen LogP contribution in [0.15, 0.2) is 42.5 Å². The number of rotatable bonds is 5. The number of Topliss-reactive ketones (excluding diaryl/α,β-unsaturated/α-hetero) is 1. The topological polar surface area (TPSA) is 55.8 Å². The molecule has 1 saturated heterocycles. The molecule has 0 N–H and O–H groups in total. The molecule has 1 aliphatic heterocycles. The maximum Gasteiger partial charge on any atom is 0.255 e. The van der Waals surface area contributed by atoms with Gasteiger partial charge in [-0.25, -0.2) is 4.39 Å². The largest absolute Gasteiger partial charge is 0.491 e. The van der Waals surface area contributed by atoms with Crippen LogP contribution in [0.2, 0.25) is 0 Å². The van der Waals surface area contributed by atoms with E-state index in [0.717, 1.165) is 3.57 Å². The minimum atomic E-state index is -0.611. The van der Waals surface area contributed by atoms with E-state index in [-0.39, 0.29) is 30.0 Å². The Kier molecular flexibility index (Phi) is 6.43. The number of hydrogen-bond donors (Lipinski definition) is 0. The van der Waals surface area contributed by atoms with Crippen LogP contribution < -0.4 is 4.74 Å². The summed E-state index contributed by atoms with van der Waals surface area (Å²) in [6.07, 6.45) is -0.306. The molecule has 27 heavy (non-hydrogen) atoms. The molecule has 7 heteroatoms. The second-order valence-electron chi connectivity index (χ2n) is 6.23. The fraction of sp³-hybridized carbons (Fsp3) is 0.300. The summed E-state index contributed by atoms with van der Waals surface area (Å²) in [4.78, 5) is 25.8. The Morgan fingerprint density at radius 3 is 2.74 bits per heavy atom. The molecular weight excluding hydrogens is 464 g/mol. The lowest BCUT2D eigenvalue weighted by atomic mass is 10.1. The molecule has 0 aromatic heterocycles. The van der Waals surface area contributed by atoms with Crippen LogP contribution >= 0.6 is 22.6 Å². The lowest BCUT2D eigenvalue weighted by Crippen LogP contribution is -2.47. The standard InChI is InChI=1S/C20H19FINO4/c1-13(24)16-7-6-14(10-18(16)21)27-12-15-11-23(8-9-26-15)20(25)17-4-2-3-5-19(17)22/h2-7,10,15H,8-9,11-12H2,1H3. The van der Waals surface area contributed by atoms with Gasteiger partial charge in [-0.1, -0.05) is 12.1 Å². The van der Waals surface area contributed by atoms with Crippen molar-refractivity contribution in [2.24, 2.45) is 0 Å². The monoisotopic (exact) mass is 483 g/mol. The van der Waals surface area contributed by atoms with E-state index in [2.05, 4.69) is 22.6 Å². The highest BCUT2D eigenvalue weighted by molar-refractivity contribution is 14.1. The smallest absolute Gasteiger partial charge is 0.255 e. The number of carbonyl (C=O) groups is 2. The number of ether oxygens (including phenoxy) is 2. The third-order valence-corrected chi connectivity index (χ3v) is 5.23. The highest BCUT2D eigenvalue weighted by Gasteiger charge is 2.26. The number of nitrogens with zero attached hydrogens (tertiary/aromatic N) is 1. The SMILES string of the molecule is CC(=O)c1ccc(OCC2CN(C(=O)c3ccccc3I)CCO2)cc1F. The van der Waals surface area contributed by atoms with Gasteiger partial charge in [-0.2, -0.15) is 0 Å². The van der Waals surface area contributed by atoms with E-state index in [1.165, 1.54) is 19.1 Å². The molecule has 0 radical (unpaired) electrons. The number of benzene rings is 2. The number of morpholine rings is 1. The van der Waals surface area contributed by atoms with Crippen LogP contribution in [0.25, 0.3) is 0 Å². The average molecular weight is 483 g/mol. The minimum Gasteiger partial charge on any atom is -0.491 e. The van der Waals surface area contributed by atoms with Crippen molar-refractivity contribution in [3.63, 3.8) is 0 Å². The van der Waals surface area contributed by atoms with Gasteiger partial charge >= 0.3 is 0 Å². The highest BCUT2D eigenvalue weighted by Crippen LogP contribution is 2.19. The van der Waals surface area contributed by atoms with Crippen LogP contribution in [0.4, 0.5) is 4.39 Å². The predicted octanol–water partition coefficient (Wildman–Crippen LogP) is 3.55. The molecule has 1 amide bonds. The van der Waals surface area contributed by atoms with Gasteiger partial charge in [0.25, 0.3) is 5.91 Å². The van der Waals surface area contributed by atoms with Crippen molar-refractivity contribution in [1.82, 2.24) is 4.90 Å². The van der Waals surface area contributed by atoms with Gasteiger partial charge in [0, 0.05) is 16.2 Å². The zero-order valence-electron chi connectivity index (χ0n) is 14.8. The predicted molar refractivity (Wildman–Crippen MR) is 107 cm³/mol. The molecule has 0 spiro atoms. The van der Waals surface area contributed by atoms with Gasteiger partial charge in [-0.3, -0.25) is 9.59 Å². The van der Waals surface area contributed by atoms with Crippen LogP contribution in [-0.2, 0) is 4.74 Å². The molecule has 142 valence electrons. The molecule has 1 aliphatic rings. The number of amides is 1. The Bertz CT molecular complexity index is 858. The molecule has 1 fully saturated rings.